The maximum Gasteiger partial charge on any atom is 0.408 e. The van der Waals surface area contributed by atoms with Gasteiger partial charge in [-0.15, -0.1) is 0 Å². The van der Waals surface area contributed by atoms with Crippen LogP contribution in [0.1, 0.15) is 21.5 Å². The van der Waals surface area contributed by atoms with Crippen molar-refractivity contribution in [1.82, 2.24) is 5.32 Å². The van der Waals surface area contributed by atoms with Crippen molar-refractivity contribution >= 4 is 12.0 Å². The fourth-order valence-corrected chi connectivity index (χ4v) is 1.75. The molecule has 0 aliphatic carbocycles. The van der Waals surface area contributed by atoms with Gasteiger partial charge in [-0.1, -0.05) is 42.2 Å². The fourth-order valence-electron chi connectivity index (χ4n) is 1.75. The Morgan fingerprint density at radius 1 is 1.04 bits per heavy atom. The predicted octanol–water partition coefficient (Wildman–Crippen LogP) is 2.06. The second-order valence-electron chi connectivity index (χ2n) is 4.66. The highest BCUT2D eigenvalue weighted by atomic mass is 16.5. The fraction of sp³-hybridized carbons (Fsp3) is 0.111. The summed E-state index contributed by atoms with van der Waals surface area (Å²) < 4.78 is 5.05. The van der Waals surface area contributed by atoms with E-state index in [1.807, 2.05) is 30.3 Å². The maximum atomic E-state index is 11.5. The molecule has 2 rings (SSSR count). The predicted molar refractivity (Wildman–Crippen MR) is 86.5 cm³/mol. The number of nitrogens with two attached hydrogens (primary N) is 1. The monoisotopic (exact) mass is 308 g/mol. The Balaban J connectivity index is 1.74. The molecule has 3 N–H and O–H groups in total. The number of nitrogens with one attached hydrogen (secondary N) is 1. The molecule has 5 heteroatoms. The molecule has 0 radical (unpaired) electrons. The number of carbonyl (C=O) groups is 2. The molecule has 23 heavy (non-hydrogen) atoms. The van der Waals surface area contributed by atoms with Gasteiger partial charge in [-0.25, -0.2) is 4.79 Å². The molecular weight excluding hydrogens is 292 g/mol. The molecule has 116 valence electrons. The van der Waals surface area contributed by atoms with Crippen molar-refractivity contribution in [1.29, 1.82) is 0 Å². The van der Waals surface area contributed by atoms with Crippen molar-refractivity contribution < 1.29 is 14.3 Å². The van der Waals surface area contributed by atoms with Crippen LogP contribution >= 0.6 is 0 Å². The highest BCUT2D eigenvalue weighted by Gasteiger charge is 2.00. The summed E-state index contributed by atoms with van der Waals surface area (Å²) in [5, 5.41) is 2.54. The van der Waals surface area contributed by atoms with E-state index in [1.165, 1.54) is 0 Å². The molecule has 0 spiro atoms. The van der Waals surface area contributed by atoms with Gasteiger partial charge in [0.25, 0.3) is 0 Å². The first-order valence-electron chi connectivity index (χ1n) is 6.98. The molecule has 0 heterocycles. The Hall–Kier alpha value is -3.26. The van der Waals surface area contributed by atoms with Gasteiger partial charge in [0, 0.05) is 11.1 Å². The Labute approximate surface area is 134 Å². The van der Waals surface area contributed by atoms with Crippen molar-refractivity contribution in [2.24, 2.45) is 5.73 Å². The van der Waals surface area contributed by atoms with Gasteiger partial charge in [0.15, 0.2) is 0 Å². The second-order valence-corrected chi connectivity index (χ2v) is 4.66. The number of primary amides is 1. The molecule has 0 bridgehead atoms. The van der Waals surface area contributed by atoms with Crippen LogP contribution in [0.15, 0.2) is 54.6 Å². The topological polar surface area (TPSA) is 81.4 Å². The number of hydrogen-bond acceptors (Lipinski definition) is 3. The van der Waals surface area contributed by atoms with E-state index in [2.05, 4.69) is 17.2 Å². The molecule has 5 nitrogen and oxygen atoms in total. The molecule has 0 aliphatic rings. The third kappa shape index (κ3) is 5.56. The third-order valence-electron chi connectivity index (χ3n) is 2.94. The number of ether oxygens (including phenoxy) is 1. The van der Waals surface area contributed by atoms with E-state index in [4.69, 9.17) is 10.5 Å². The van der Waals surface area contributed by atoms with Crippen LogP contribution in [0.5, 0.6) is 0 Å². The van der Waals surface area contributed by atoms with E-state index in [0.717, 1.165) is 11.1 Å². The van der Waals surface area contributed by atoms with Crippen LogP contribution in [-0.4, -0.2) is 18.5 Å². The summed E-state index contributed by atoms with van der Waals surface area (Å²) in [5.41, 5.74) is 7.23. The van der Waals surface area contributed by atoms with Crippen LogP contribution in [0.4, 0.5) is 4.79 Å². The number of rotatable bonds is 4. The minimum atomic E-state index is -0.521. The summed E-state index contributed by atoms with van der Waals surface area (Å²) in [6, 6.07) is 16.0. The molecule has 2 aromatic rings. The van der Waals surface area contributed by atoms with Crippen molar-refractivity contribution in [3.05, 3.63) is 71.3 Å². The van der Waals surface area contributed by atoms with E-state index in [9.17, 15) is 9.59 Å². The normalized spacial score (nSPS) is 9.39. The largest absolute Gasteiger partial charge is 0.445 e. The maximum absolute atomic E-state index is 11.5. The molecule has 0 aliphatic heterocycles. The van der Waals surface area contributed by atoms with Gasteiger partial charge in [-0.05, 0) is 29.8 Å². The summed E-state index contributed by atoms with van der Waals surface area (Å²) in [4.78, 5) is 22.4. The molecule has 0 unspecified atom stereocenters. The number of carbonyl (C=O) groups excluding carboxylic acids is 2. The quantitative estimate of drug-likeness (QED) is 0.848. The van der Waals surface area contributed by atoms with Crippen LogP contribution < -0.4 is 11.1 Å². The van der Waals surface area contributed by atoms with Crippen LogP contribution in [0, 0.1) is 11.8 Å². The molecule has 0 fully saturated rings. The van der Waals surface area contributed by atoms with Gasteiger partial charge in [0.1, 0.15) is 6.61 Å². The third-order valence-corrected chi connectivity index (χ3v) is 2.94. The van der Waals surface area contributed by atoms with Gasteiger partial charge >= 0.3 is 6.09 Å². The minimum absolute atomic E-state index is 0.172. The number of alkyl carbamates (subject to hydrolysis) is 1. The van der Waals surface area contributed by atoms with Crippen molar-refractivity contribution in [2.45, 2.75) is 6.61 Å². The van der Waals surface area contributed by atoms with Crippen molar-refractivity contribution in [3.8, 4) is 11.8 Å². The van der Waals surface area contributed by atoms with Gasteiger partial charge in [0.05, 0.1) is 6.54 Å². The van der Waals surface area contributed by atoms with E-state index >= 15 is 0 Å². The van der Waals surface area contributed by atoms with Gasteiger partial charge in [-0.2, -0.15) is 0 Å². The Morgan fingerprint density at radius 3 is 2.39 bits per heavy atom. The highest BCUT2D eigenvalue weighted by Crippen LogP contribution is 2.02. The SMILES string of the molecule is NC(=O)c1ccc(C#CCNC(=O)OCc2ccccc2)cc1. The van der Waals surface area contributed by atoms with E-state index < -0.39 is 12.0 Å². The molecule has 2 aromatic carbocycles. The molecule has 0 saturated heterocycles. The average Bonchev–Trinajstić information content (AvgIpc) is 2.58. The zero-order chi connectivity index (χ0) is 16.5. The minimum Gasteiger partial charge on any atom is -0.445 e. The first kappa shape index (κ1) is 16.1. The van der Waals surface area contributed by atoms with E-state index in [-0.39, 0.29) is 13.2 Å². The van der Waals surface area contributed by atoms with Gasteiger partial charge in [0.2, 0.25) is 5.91 Å². The molecule has 0 atom stereocenters. The lowest BCUT2D eigenvalue weighted by Gasteiger charge is -2.04. The average molecular weight is 308 g/mol. The van der Waals surface area contributed by atoms with Crippen LogP contribution in [0.2, 0.25) is 0 Å². The summed E-state index contributed by atoms with van der Waals surface area (Å²) >= 11 is 0. The summed E-state index contributed by atoms with van der Waals surface area (Å²) in [7, 11) is 0. The van der Waals surface area contributed by atoms with Crippen molar-refractivity contribution in [2.75, 3.05) is 6.54 Å². The number of benzene rings is 2. The zero-order valence-electron chi connectivity index (χ0n) is 12.4. The summed E-state index contributed by atoms with van der Waals surface area (Å²) in [6.07, 6.45) is -0.521. The first-order valence-corrected chi connectivity index (χ1v) is 6.98. The van der Waals surface area contributed by atoms with Gasteiger partial charge < -0.3 is 15.8 Å². The van der Waals surface area contributed by atoms with Crippen LogP contribution in [0.25, 0.3) is 0 Å². The number of hydrogen-bond donors (Lipinski definition) is 2. The molecule has 0 aromatic heterocycles. The lowest BCUT2D eigenvalue weighted by Crippen LogP contribution is -2.24. The van der Waals surface area contributed by atoms with E-state index in [0.29, 0.717) is 5.56 Å². The standard InChI is InChI=1S/C18H16N2O3/c19-17(21)16-10-8-14(9-11-16)7-4-12-20-18(22)23-13-15-5-2-1-3-6-15/h1-3,5-6,8-11H,12-13H2,(H2,19,21)(H,20,22). The first-order chi connectivity index (χ1) is 11.1. The van der Waals surface area contributed by atoms with Crippen LogP contribution in [0.3, 0.4) is 0 Å². The van der Waals surface area contributed by atoms with Crippen molar-refractivity contribution in [3.63, 3.8) is 0 Å². The Kier molecular flexibility index (Phi) is 5.78. The second kappa shape index (κ2) is 8.25. The zero-order valence-corrected chi connectivity index (χ0v) is 12.4. The lowest BCUT2D eigenvalue weighted by molar-refractivity contribution is 0.1000. The van der Waals surface area contributed by atoms with Crippen LogP contribution in [-0.2, 0) is 11.3 Å². The molecule has 0 saturated carbocycles. The Bertz CT molecular complexity index is 728. The van der Waals surface area contributed by atoms with E-state index in [1.54, 1.807) is 24.3 Å². The summed E-state index contributed by atoms with van der Waals surface area (Å²) in [5.74, 6) is 5.19. The lowest BCUT2D eigenvalue weighted by atomic mass is 10.1. The highest BCUT2D eigenvalue weighted by molar-refractivity contribution is 5.92. The Morgan fingerprint density at radius 2 is 1.74 bits per heavy atom. The summed E-state index contributed by atoms with van der Waals surface area (Å²) in [6.45, 7) is 0.389. The number of amides is 2. The van der Waals surface area contributed by atoms with Gasteiger partial charge in [-0.3, -0.25) is 4.79 Å². The molecule has 2 amide bonds. The smallest absolute Gasteiger partial charge is 0.408 e. The molecular formula is C18H16N2O3.